The molecule has 0 N–H and O–H groups in total. The number of esters is 1. The van der Waals surface area contributed by atoms with Crippen LogP contribution in [0.15, 0.2) is 36.4 Å². The smallest absolute Gasteiger partial charge is 0.338 e. The van der Waals surface area contributed by atoms with Crippen LogP contribution in [0.25, 0.3) is 12.2 Å². The first kappa shape index (κ1) is 26.3. The summed E-state index contributed by atoms with van der Waals surface area (Å²) in [5.74, 6) is 3.53. The van der Waals surface area contributed by atoms with E-state index in [1.165, 1.54) is 55.2 Å². The molecule has 0 spiro atoms. The molecular weight excluding hydrogens is 472 g/mol. The Balaban J connectivity index is 1.57. The van der Waals surface area contributed by atoms with Crippen molar-refractivity contribution in [3.05, 3.63) is 64.2 Å². The molecule has 0 unspecified atom stereocenters. The second-order valence-corrected chi connectivity index (χ2v) is 15.1. The summed E-state index contributed by atoms with van der Waals surface area (Å²) in [5.41, 5.74) is 6.17. The summed E-state index contributed by atoms with van der Waals surface area (Å²) >= 11 is 0. The van der Waals surface area contributed by atoms with Crippen molar-refractivity contribution in [1.82, 2.24) is 0 Å². The van der Waals surface area contributed by atoms with Gasteiger partial charge in [0.1, 0.15) is 5.75 Å². The van der Waals surface area contributed by atoms with E-state index in [4.69, 9.17) is 9.16 Å². The van der Waals surface area contributed by atoms with Crippen LogP contribution in [0, 0.1) is 17.8 Å². The zero-order valence-electron chi connectivity index (χ0n) is 23.5. The molecule has 2 aromatic carbocycles. The Kier molecular flexibility index (Phi) is 7.17. The molecule has 4 fully saturated rings. The lowest BCUT2D eigenvalue weighted by atomic mass is 9.47. The van der Waals surface area contributed by atoms with Crippen molar-refractivity contribution in [3.8, 4) is 5.75 Å². The summed E-state index contributed by atoms with van der Waals surface area (Å²) in [6.45, 7) is 13.8. The molecule has 4 heteroatoms. The lowest BCUT2D eigenvalue weighted by Gasteiger charge is -2.58. The maximum atomic E-state index is 12.0. The van der Waals surface area contributed by atoms with Gasteiger partial charge >= 0.3 is 5.97 Å². The van der Waals surface area contributed by atoms with Crippen molar-refractivity contribution in [2.75, 3.05) is 6.61 Å². The highest BCUT2D eigenvalue weighted by Gasteiger charge is 2.53. The van der Waals surface area contributed by atoms with Crippen LogP contribution in [-0.2, 0) is 15.6 Å². The minimum atomic E-state index is -0.950. The average molecular weight is 516 g/mol. The van der Waals surface area contributed by atoms with E-state index in [1.54, 1.807) is 0 Å². The van der Waals surface area contributed by atoms with Crippen LogP contribution in [0.4, 0.5) is 0 Å². The molecule has 0 aliphatic heterocycles. The predicted molar refractivity (Wildman–Crippen MR) is 154 cm³/mol. The normalized spacial score (nSPS) is 26.7. The minimum Gasteiger partial charge on any atom is -0.542 e. The molecule has 6 rings (SSSR count). The van der Waals surface area contributed by atoms with E-state index in [2.05, 4.69) is 58.2 Å². The van der Waals surface area contributed by atoms with Crippen LogP contribution in [0.5, 0.6) is 5.75 Å². The van der Waals surface area contributed by atoms with Gasteiger partial charge in [0, 0.05) is 16.5 Å². The summed E-state index contributed by atoms with van der Waals surface area (Å²) < 4.78 is 12.0. The first-order valence-electron chi connectivity index (χ1n) is 14.2. The lowest BCUT2D eigenvalue weighted by molar-refractivity contribution is -0.00659. The summed E-state index contributed by atoms with van der Waals surface area (Å²) in [7, 11) is -0.950. The molecule has 0 amide bonds. The Morgan fingerprint density at radius 2 is 1.54 bits per heavy atom. The number of carbonyl (C=O) groups excluding carboxylic acids is 1. The van der Waals surface area contributed by atoms with Crippen LogP contribution in [0.3, 0.4) is 0 Å². The molecule has 4 aliphatic rings. The number of hydrogen-bond acceptors (Lipinski definition) is 3. The molecule has 197 valence electrons. The number of ether oxygens (including phenoxy) is 1. The first-order chi connectivity index (χ1) is 17.6. The van der Waals surface area contributed by atoms with Gasteiger partial charge in [-0.15, -0.1) is 0 Å². The van der Waals surface area contributed by atoms with E-state index in [0.29, 0.717) is 12.2 Å². The van der Waals surface area contributed by atoms with Crippen LogP contribution in [-0.4, -0.2) is 21.6 Å². The Morgan fingerprint density at radius 1 is 0.946 bits per heavy atom. The Labute approximate surface area is 225 Å². The molecule has 37 heavy (non-hydrogen) atoms. The van der Waals surface area contributed by atoms with Crippen molar-refractivity contribution in [3.63, 3.8) is 0 Å². The summed E-state index contributed by atoms with van der Waals surface area (Å²) in [6.07, 6.45) is 12.7. The van der Waals surface area contributed by atoms with E-state index >= 15 is 0 Å². The van der Waals surface area contributed by atoms with Gasteiger partial charge in [-0.2, -0.15) is 0 Å². The fourth-order valence-electron chi connectivity index (χ4n) is 7.74. The predicted octanol–water partition coefficient (Wildman–Crippen LogP) is 8.43. The van der Waals surface area contributed by atoms with E-state index < -0.39 is 9.04 Å². The van der Waals surface area contributed by atoms with Gasteiger partial charge in [0.05, 0.1) is 12.2 Å². The van der Waals surface area contributed by atoms with Crippen LogP contribution in [0.1, 0.15) is 98.8 Å². The lowest BCUT2D eigenvalue weighted by Crippen LogP contribution is -2.49. The summed E-state index contributed by atoms with van der Waals surface area (Å²) in [6, 6.07) is 12.3. The van der Waals surface area contributed by atoms with Crippen LogP contribution >= 0.6 is 0 Å². The fraction of sp³-hybridized carbons (Fsp3) is 0.545. The molecular formula is C33H43O3Si. The molecule has 0 saturated heterocycles. The highest BCUT2D eigenvalue weighted by Crippen LogP contribution is 2.63. The van der Waals surface area contributed by atoms with Gasteiger partial charge in [-0.1, -0.05) is 57.2 Å². The summed E-state index contributed by atoms with van der Waals surface area (Å²) in [5, 5.41) is 0. The van der Waals surface area contributed by atoms with Gasteiger partial charge in [-0.3, -0.25) is 0 Å². The van der Waals surface area contributed by atoms with Crippen molar-refractivity contribution in [2.45, 2.75) is 90.1 Å². The average Bonchev–Trinajstić information content (AvgIpc) is 2.81. The van der Waals surface area contributed by atoms with E-state index in [-0.39, 0.29) is 16.8 Å². The van der Waals surface area contributed by atoms with Crippen molar-refractivity contribution < 1.29 is 14.0 Å². The molecule has 1 radical (unpaired) electrons. The molecule has 2 aromatic rings. The number of hydrogen-bond donors (Lipinski definition) is 0. The maximum absolute atomic E-state index is 12.0. The van der Waals surface area contributed by atoms with E-state index in [1.807, 2.05) is 31.2 Å². The molecule has 0 atom stereocenters. The Hall–Kier alpha value is -2.33. The third kappa shape index (κ3) is 5.32. The molecule has 4 saturated carbocycles. The van der Waals surface area contributed by atoms with E-state index in [9.17, 15) is 4.79 Å². The Morgan fingerprint density at radius 3 is 2.05 bits per heavy atom. The second-order valence-electron chi connectivity index (χ2n) is 13.0. The molecule has 0 aromatic heterocycles. The maximum Gasteiger partial charge on any atom is 0.338 e. The SMILES string of the molecule is CCOC(=O)c1ccc(/C=C/c2ccc(C(C)(C)C)c(C34CC5CC(CC(C5)C3)C4)c2O[Si](C)C)cc1. The molecule has 3 nitrogen and oxygen atoms in total. The van der Waals surface area contributed by atoms with Crippen LogP contribution in [0.2, 0.25) is 13.1 Å². The molecule has 4 aliphatic carbocycles. The van der Waals surface area contributed by atoms with Crippen molar-refractivity contribution in [1.29, 1.82) is 0 Å². The van der Waals surface area contributed by atoms with Gasteiger partial charge in [-0.05, 0) is 105 Å². The highest BCUT2D eigenvalue weighted by atomic mass is 28.3. The second kappa shape index (κ2) is 10.1. The zero-order valence-corrected chi connectivity index (χ0v) is 24.5. The minimum absolute atomic E-state index is 0.0658. The van der Waals surface area contributed by atoms with Gasteiger partial charge in [0.2, 0.25) is 0 Å². The monoisotopic (exact) mass is 515 g/mol. The molecule has 0 heterocycles. The van der Waals surface area contributed by atoms with E-state index in [0.717, 1.165) is 29.1 Å². The van der Waals surface area contributed by atoms with Crippen molar-refractivity contribution in [2.24, 2.45) is 17.8 Å². The largest absolute Gasteiger partial charge is 0.542 e. The summed E-state index contributed by atoms with van der Waals surface area (Å²) in [4.78, 5) is 12.0. The van der Waals surface area contributed by atoms with Gasteiger partial charge in [-0.25, -0.2) is 4.79 Å². The molecule has 4 bridgehead atoms. The zero-order chi connectivity index (χ0) is 26.4. The van der Waals surface area contributed by atoms with Gasteiger partial charge in [0.15, 0.2) is 0 Å². The first-order valence-corrected chi connectivity index (χ1v) is 16.6. The number of benzene rings is 2. The topological polar surface area (TPSA) is 35.5 Å². The fourth-order valence-corrected chi connectivity index (χ4v) is 8.37. The quantitative estimate of drug-likeness (QED) is 0.211. The number of carbonyl (C=O) groups is 1. The third-order valence-electron chi connectivity index (χ3n) is 8.75. The Bertz CT molecular complexity index is 1130. The highest BCUT2D eigenvalue weighted by molar-refractivity contribution is 6.49. The van der Waals surface area contributed by atoms with Gasteiger partial charge < -0.3 is 9.16 Å². The van der Waals surface area contributed by atoms with Crippen molar-refractivity contribution >= 4 is 27.2 Å². The van der Waals surface area contributed by atoms with Crippen LogP contribution < -0.4 is 4.43 Å². The standard InChI is InChI=1S/C33H43O3Si/c1-7-35-31(34)27-12-9-22(10-13-27)8-11-26-14-15-28(32(2,3)4)29(30(26)36-37(5)6)33-19-23-16-24(20-33)18-25(17-23)21-33/h8-15,23-25H,7,16-21H2,1-6H3/b11-8+. The number of rotatable bonds is 7. The van der Waals surface area contributed by atoms with Gasteiger partial charge in [0.25, 0.3) is 9.04 Å². The third-order valence-corrected chi connectivity index (χ3v) is 9.36.